The maximum absolute atomic E-state index is 5.84. The zero-order valence-corrected chi connectivity index (χ0v) is 16.7. The third kappa shape index (κ3) is 2.92. The van der Waals surface area contributed by atoms with Crippen molar-refractivity contribution in [2.45, 2.75) is 64.1 Å². The molecule has 0 radical (unpaired) electrons. The minimum absolute atomic E-state index is 0.103. The third-order valence-electron chi connectivity index (χ3n) is 6.24. The Morgan fingerprint density at radius 3 is 2.54 bits per heavy atom. The molecule has 2 fully saturated rings. The van der Waals surface area contributed by atoms with Crippen molar-refractivity contribution in [2.24, 2.45) is 7.05 Å². The first-order chi connectivity index (χ1) is 12.6. The van der Waals surface area contributed by atoms with E-state index >= 15 is 0 Å². The predicted molar refractivity (Wildman–Crippen MR) is 109 cm³/mol. The number of hydrogen-bond acceptors (Lipinski definition) is 2. The second kappa shape index (κ2) is 7.03. The number of nitrogens with zero attached hydrogens (tertiary/aromatic N) is 3. The first kappa shape index (κ1) is 17.5. The number of aromatic nitrogens is 2. The summed E-state index contributed by atoms with van der Waals surface area (Å²) in [5.74, 6) is 0. The SMILES string of the molecule is Cc1cc([C@@H]2[C@H](c3ccccn3)NC(=S)N2C2CCCCC2)c(C)n1C. The third-order valence-corrected chi connectivity index (χ3v) is 6.57. The Morgan fingerprint density at radius 1 is 1.15 bits per heavy atom. The summed E-state index contributed by atoms with van der Waals surface area (Å²) in [6, 6.07) is 9.33. The molecule has 4 rings (SSSR count). The molecule has 138 valence electrons. The Hall–Kier alpha value is -1.88. The highest BCUT2D eigenvalue weighted by Crippen LogP contribution is 2.43. The van der Waals surface area contributed by atoms with E-state index in [1.54, 1.807) is 0 Å². The normalized spacial score (nSPS) is 24.1. The van der Waals surface area contributed by atoms with Crippen LogP contribution in [-0.4, -0.2) is 25.6 Å². The molecule has 2 aromatic heterocycles. The van der Waals surface area contributed by atoms with Gasteiger partial charge < -0.3 is 14.8 Å². The lowest BCUT2D eigenvalue weighted by atomic mass is 9.90. The van der Waals surface area contributed by atoms with Crippen LogP contribution in [0.25, 0.3) is 0 Å². The van der Waals surface area contributed by atoms with Crippen molar-refractivity contribution >= 4 is 17.3 Å². The van der Waals surface area contributed by atoms with Gasteiger partial charge in [0.2, 0.25) is 0 Å². The molecule has 2 atom stereocenters. The van der Waals surface area contributed by atoms with Gasteiger partial charge in [-0.05, 0) is 62.7 Å². The van der Waals surface area contributed by atoms with Crippen LogP contribution in [0.1, 0.15) is 66.8 Å². The van der Waals surface area contributed by atoms with Crippen LogP contribution in [0.4, 0.5) is 0 Å². The van der Waals surface area contributed by atoms with Crippen LogP contribution in [0.3, 0.4) is 0 Å². The Balaban J connectivity index is 1.79. The summed E-state index contributed by atoms with van der Waals surface area (Å²) >= 11 is 5.84. The Morgan fingerprint density at radius 2 is 1.92 bits per heavy atom. The molecule has 2 aliphatic rings. The standard InChI is InChI=1S/C21H28N4S/c1-14-13-17(15(2)24(14)3)20-19(18-11-7-8-12-22-18)23-21(26)25(20)16-9-5-4-6-10-16/h7-8,11-13,16,19-20H,4-6,9-10H2,1-3H3,(H,23,26)/t19-,20+/m0/s1. The summed E-state index contributed by atoms with van der Waals surface area (Å²) in [5, 5.41) is 4.50. The molecule has 1 aliphatic carbocycles. The van der Waals surface area contributed by atoms with Crippen molar-refractivity contribution in [1.29, 1.82) is 0 Å². The number of thiocarbonyl (C=S) groups is 1. The van der Waals surface area contributed by atoms with Gasteiger partial charge >= 0.3 is 0 Å². The van der Waals surface area contributed by atoms with Crippen molar-refractivity contribution in [3.63, 3.8) is 0 Å². The van der Waals surface area contributed by atoms with E-state index in [4.69, 9.17) is 12.2 Å². The average Bonchev–Trinajstić information content (AvgIpc) is 3.14. The monoisotopic (exact) mass is 368 g/mol. The number of hydrogen-bond donors (Lipinski definition) is 1. The smallest absolute Gasteiger partial charge is 0.170 e. The molecule has 0 unspecified atom stereocenters. The topological polar surface area (TPSA) is 33.1 Å². The van der Waals surface area contributed by atoms with Crippen LogP contribution in [0.2, 0.25) is 0 Å². The fraction of sp³-hybridized carbons (Fsp3) is 0.524. The van der Waals surface area contributed by atoms with E-state index < -0.39 is 0 Å². The molecule has 0 bridgehead atoms. The summed E-state index contributed by atoms with van der Waals surface area (Å²) in [6.07, 6.45) is 8.30. The van der Waals surface area contributed by atoms with Crippen LogP contribution in [-0.2, 0) is 7.05 Å². The van der Waals surface area contributed by atoms with E-state index in [1.165, 1.54) is 49.1 Å². The predicted octanol–water partition coefficient (Wildman–Crippen LogP) is 4.34. The van der Waals surface area contributed by atoms with Crippen LogP contribution < -0.4 is 5.32 Å². The summed E-state index contributed by atoms with van der Waals surface area (Å²) in [6.45, 7) is 4.40. The van der Waals surface area contributed by atoms with Crippen molar-refractivity contribution < 1.29 is 0 Å². The highest BCUT2D eigenvalue weighted by Gasteiger charge is 2.44. The number of rotatable bonds is 3. The lowest BCUT2D eigenvalue weighted by Gasteiger charge is -2.37. The molecule has 1 N–H and O–H groups in total. The molecule has 26 heavy (non-hydrogen) atoms. The molecule has 1 saturated heterocycles. The Labute approximate surface area is 161 Å². The van der Waals surface area contributed by atoms with E-state index in [-0.39, 0.29) is 12.1 Å². The molecule has 3 heterocycles. The summed E-state index contributed by atoms with van der Waals surface area (Å²) < 4.78 is 2.28. The maximum Gasteiger partial charge on any atom is 0.170 e. The summed E-state index contributed by atoms with van der Waals surface area (Å²) in [5.41, 5.74) is 5.05. The van der Waals surface area contributed by atoms with Gasteiger partial charge in [-0.3, -0.25) is 4.98 Å². The van der Waals surface area contributed by atoms with Gasteiger partial charge in [-0.15, -0.1) is 0 Å². The number of aryl methyl sites for hydroxylation is 1. The second-order valence-electron chi connectivity index (χ2n) is 7.71. The minimum Gasteiger partial charge on any atom is -0.352 e. The molecule has 2 aromatic rings. The van der Waals surface area contributed by atoms with Gasteiger partial charge in [-0.25, -0.2) is 0 Å². The zero-order chi connectivity index (χ0) is 18.3. The number of nitrogens with one attached hydrogen (secondary N) is 1. The van der Waals surface area contributed by atoms with E-state index in [0.29, 0.717) is 6.04 Å². The van der Waals surface area contributed by atoms with E-state index in [1.807, 2.05) is 12.3 Å². The summed E-state index contributed by atoms with van der Waals surface area (Å²) in [4.78, 5) is 7.15. The van der Waals surface area contributed by atoms with Gasteiger partial charge in [0.15, 0.2) is 5.11 Å². The molecule has 4 nitrogen and oxygen atoms in total. The first-order valence-electron chi connectivity index (χ1n) is 9.70. The van der Waals surface area contributed by atoms with Gasteiger partial charge in [-0.1, -0.05) is 25.3 Å². The Kier molecular flexibility index (Phi) is 4.74. The molecule has 0 spiro atoms. The average molecular weight is 369 g/mol. The highest BCUT2D eigenvalue weighted by molar-refractivity contribution is 7.80. The van der Waals surface area contributed by atoms with Crippen molar-refractivity contribution in [3.8, 4) is 0 Å². The van der Waals surface area contributed by atoms with E-state index in [9.17, 15) is 0 Å². The number of pyridine rings is 1. The quantitative estimate of drug-likeness (QED) is 0.817. The van der Waals surface area contributed by atoms with Crippen molar-refractivity contribution in [1.82, 2.24) is 19.8 Å². The van der Waals surface area contributed by atoms with E-state index in [2.05, 4.69) is 58.9 Å². The highest BCUT2D eigenvalue weighted by atomic mass is 32.1. The van der Waals surface area contributed by atoms with Crippen LogP contribution >= 0.6 is 12.2 Å². The summed E-state index contributed by atoms with van der Waals surface area (Å²) in [7, 11) is 2.15. The van der Waals surface area contributed by atoms with Gasteiger partial charge in [0, 0.05) is 30.7 Å². The van der Waals surface area contributed by atoms with Crippen LogP contribution in [0, 0.1) is 13.8 Å². The fourth-order valence-electron chi connectivity index (χ4n) is 4.63. The fourth-order valence-corrected chi connectivity index (χ4v) is 5.02. The minimum atomic E-state index is 0.103. The molecular weight excluding hydrogens is 340 g/mol. The van der Waals surface area contributed by atoms with E-state index in [0.717, 1.165) is 10.8 Å². The first-order valence-corrected chi connectivity index (χ1v) is 10.1. The van der Waals surface area contributed by atoms with Gasteiger partial charge in [0.1, 0.15) is 0 Å². The lowest BCUT2D eigenvalue weighted by Crippen LogP contribution is -2.40. The molecule has 1 saturated carbocycles. The largest absolute Gasteiger partial charge is 0.352 e. The Bertz CT molecular complexity index is 792. The van der Waals surface area contributed by atoms with Gasteiger partial charge in [-0.2, -0.15) is 0 Å². The molecule has 0 amide bonds. The second-order valence-corrected chi connectivity index (χ2v) is 8.10. The molecular formula is C21H28N4S. The molecule has 5 heteroatoms. The lowest BCUT2D eigenvalue weighted by molar-refractivity contribution is 0.196. The van der Waals surface area contributed by atoms with Crippen LogP contribution in [0.15, 0.2) is 30.5 Å². The van der Waals surface area contributed by atoms with Crippen molar-refractivity contribution in [3.05, 3.63) is 53.1 Å². The molecule has 0 aromatic carbocycles. The van der Waals surface area contributed by atoms with Gasteiger partial charge in [0.05, 0.1) is 17.8 Å². The molecule has 1 aliphatic heterocycles. The maximum atomic E-state index is 5.84. The van der Waals surface area contributed by atoms with Crippen molar-refractivity contribution in [2.75, 3.05) is 0 Å². The van der Waals surface area contributed by atoms with Gasteiger partial charge in [0.25, 0.3) is 0 Å². The van der Waals surface area contributed by atoms with Crippen LogP contribution in [0.5, 0.6) is 0 Å². The zero-order valence-electron chi connectivity index (χ0n) is 15.9.